The molecule has 0 aliphatic heterocycles. The molecule has 2 heterocycles. The molecule has 148 valence electrons. The highest BCUT2D eigenvalue weighted by molar-refractivity contribution is 7.99. The van der Waals surface area contributed by atoms with Crippen LogP contribution in [0.2, 0.25) is 0 Å². The van der Waals surface area contributed by atoms with Gasteiger partial charge in [-0.1, -0.05) is 39.5 Å². The minimum atomic E-state index is -0.241. The minimum Gasteiger partial charge on any atom is -0.462 e. The lowest BCUT2D eigenvalue weighted by Gasteiger charge is -2.33. The largest absolute Gasteiger partial charge is 0.462 e. The van der Waals surface area contributed by atoms with Gasteiger partial charge in [-0.25, -0.2) is 9.97 Å². The van der Waals surface area contributed by atoms with E-state index in [0.29, 0.717) is 22.3 Å². The second-order valence-corrected chi connectivity index (χ2v) is 10.4. The summed E-state index contributed by atoms with van der Waals surface area (Å²) in [6.07, 6.45) is 4.05. The first-order chi connectivity index (χ1) is 12.7. The Balaban J connectivity index is 1.79. The fourth-order valence-electron chi connectivity index (χ4n) is 3.45. The van der Waals surface area contributed by atoms with Gasteiger partial charge in [0.2, 0.25) is 0 Å². The first-order valence-electron chi connectivity index (χ1n) is 9.59. The van der Waals surface area contributed by atoms with Crippen molar-refractivity contribution < 1.29 is 9.53 Å². The molecule has 0 saturated carbocycles. The van der Waals surface area contributed by atoms with Crippen molar-refractivity contribution in [1.82, 2.24) is 9.97 Å². The molecule has 2 aromatic heterocycles. The number of fused-ring (bicyclic) bond motifs is 3. The molecule has 0 amide bonds. The Morgan fingerprint density at radius 3 is 2.81 bits per heavy atom. The number of nitrogens with two attached hydrogens (primary N) is 1. The average molecular weight is 408 g/mol. The van der Waals surface area contributed by atoms with Gasteiger partial charge in [0.25, 0.3) is 0 Å². The quantitative estimate of drug-likeness (QED) is 0.433. The van der Waals surface area contributed by atoms with Crippen LogP contribution in [0.15, 0.2) is 5.16 Å². The Bertz CT molecular complexity index is 842. The zero-order valence-electron chi connectivity index (χ0n) is 16.8. The van der Waals surface area contributed by atoms with E-state index in [4.69, 9.17) is 10.5 Å². The van der Waals surface area contributed by atoms with Crippen LogP contribution in [0, 0.1) is 11.3 Å². The van der Waals surface area contributed by atoms with Gasteiger partial charge in [0, 0.05) is 4.88 Å². The van der Waals surface area contributed by atoms with E-state index in [2.05, 4.69) is 30.7 Å². The summed E-state index contributed by atoms with van der Waals surface area (Å²) in [4.78, 5) is 23.4. The standard InChI is InChI=1S/C20H29N3O2S2/c1-6-11(2)25-15(24)10-26-19-22-17(21)16-13-8-7-12(20(3,4)5)9-14(13)27-18(16)23-19/h11-12H,6-10H2,1-5H3,(H2,21,22,23). The summed E-state index contributed by atoms with van der Waals surface area (Å²) in [5.74, 6) is 1.17. The fraction of sp³-hybridized carbons (Fsp3) is 0.650. The monoisotopic (exact) mass is 407 g/mol. The van der Waals surface area contributed by atoms with Crippen LogP contribution >= 0.6 is 23.1 Å². The van der Waals surface area contributed by atoms with Crippen LogP contribution in [-0.2, 0) is 22.4 Å². The number of nitrogen functional groups attached to an aromatic ring is 1. The van der Waals surface area contributed by atoms with E-state index in [0.717, 1.165) is 29.5 Å². The predicted octanol–water partition coefficient (Wildman–Crippen LogP) is 4.86. The number of anilines is 1. The highest BCUT2D eigenvalue weighted by atomic mass is 32.2. The molecule has 0 fully saturated rings. The Morgan fingerprint density at radius 2 is 2.15 bits per heavy atom. The number of carbonyl (C=O) groups is 1. The van der Waals surface area contributed by atoms with Crippen LogP contribution < -0.4 is 5.73 Å². The van der Waals surface area contributed by atoms with E-state index in [1.165, 1.54) is 28.6 Å². The Kier molecular flexibility index (Phi) is 6.01. The molecule has 0 aromatic carbocycles. The molecular formula is C20H29N3O2S2. The molecule has 2 atom stereocenters. The van der Waals surface area contributed by atoms with Crippen LogP contribution in [0.3, 0.4) is 0 Å². The van der Waals surface area contributed by atoms with Crippen molar-refractivity contribution in [3.8, 4) is 0 Å². The lowest BCUT2D eigenvalue weighted by molar-refractivity contribution is -0.144. The number of hydrogen-bond acceptors (Lipinski definition) is 7. The van der Waals surface area contributed by atoms with Crippen LogP contribution in [0.4, 0.5) is 5.82 Å². The SMILES string of the molecule is CCC(C)OC(=O)CSc1nc(N)c2c3c(sc2n1)CC(C(C)(C)C)CC3. The number of aromatic nitrogens is 2. The third-order valence-corrected chi connectivity index (χ3v) is 7.34. The summed E-state index contributed by atoms with van der Waals surface area (Å²) in [6, 6.07) is 0. The third kappa shape index (κ3) is 4.57. The molecule has 5 nitrogen and oxygen atoms in total. The summed E-state index contributed by atoms with van der Waals surface area (Å²) in [7, 11) is 0. The lowest BCUT2D eigenvalue weighted by atomic mass is 9.72. The predicted molar refractivity (Wildman–Crippen MR) is 113 cm³/mol. The lowest BCUT2D eigenvalue weighted by Crippen LogP contribution is -2.26. The zero-order valence-corrected chi connectivity index (χ0v) is 18.4. The number of nitrogens with zero attached hydrogens (tertiary/aromatic N) is 2. The van der Waals surface area contributed by atoms with E-state index in [1.807, 2.05) is 13.8 Å². The number of ether oxygens (including phenoxy) is 1. The molecule has 0 saturated heterocycles. The smallest absolute Gasteiger partial charge is 0.316 e. The van der Waals surface area contributed by atoms with E-state index in [-0.39, 0.29) is 17.8 Å². The van der Waals surface area contributed by atoms with Crippen molar-refractivity contribution >= 4 is 45.1 Å². The summed E-state index contributed by atoms with van der Waals surface area (Å²) in [6.45, 7) is 10.8. The Morgan fingerprint density at radius 1 is 1.41 bits per heavy atom. The maximum absolute atomic E-state index is 11.9. The summed E-state index contributed by atoms with van der Waals surface area (Å²) < 4.78 is 5.30. The van der Waals surface area contributed by atoms with Crippen LogP contribution in [-0.4, -0.2) is 27.8 Å². The first kappa shape index (κ1) is 20.4. The summed E-state index contributed by atoms with van der Waals surface area (Å²) >= 11 is 3.03. The van der Waals surface area contributed by atoms with Gasteiger partial charge in [0.05, 0.1) is 17.2 Å². The van der Waals surface area contributed by atoms with Crippen molar-refractivity contribution in [2.75, 3.05) is 11.5 Å². The second kappa shape index (κ2) is 7.95. The third-order valence-electron chi connectivity index (χ3n) is 5.37. The van der Waals surface area contributed by atoms with Crippen LogP contribution in [0.25, 0.3) is 10.2 Å². The Labute approximate surface area is 169 Å². The molecule has 0 spiro atoms. The number of carbonyl (C=O) groups excluding carboxylic acids is 1. The second-order valence-electron chi connectivity index (χ2n) is 8.38. The minimum absolute atomic E-state index is 0.0636. The molecule has 2 unspecified atom stereocenters. The number of thioether (sulfide) groups is 1. The van der Waals surface area contributed by atoms with Gasteiger partial charge in [-0.3, -0.25) is 4.79 Å². The molecule has 1 aliphatic carbocycles. The zero-order chi connectivity index (χ0) is 19.8. The number of aryl methyl sites for hydroxylation is 1. The van der Waals surface area contributed by atoms with Crippen molar-refractivity contribution in [2.24, 2.45) is 11.3 Å². The van der Waals surface area contributed by atoms with Crippen LogP contribution in [0.5, 0.6) is 0 Å². The molecule has 3 rings (SSSR count). The molecule has 2 N–H and O–H groups in total. The maximum atomic E-state index is 11.9. The van der Waals surface area contributed by atoms with Gasteiger partial charge < -0.3 is 10.5 Å². The fourth-order valence-corrected chi connectivity index (χ4v) is 5.45. The summed E-state index contributed by atoms with van der Waals surface area (Å²) in [5, 5.41) is 1.57. The maximum Gasteiger partial charge on any atom is 0.316 e. The molecule has 27 heavy (non-hydrogen) atoms. The van der Waals surface area contributed by atoms with Crippen molar-refractivity contribution in [3.63, 3.8) is 0 Å². The molecule has 7 heteroatoms. The van der Waals surface area contributed by atoms with Gasteiger partial charge in [0.1, 0.15) is 10.6 Å². The van der Waals surface area contributed by atoms with Crippen molar-refractivity contribution in [2.45, 2.75) is 71.6 Å². The van der Waals surface area contributed by atoms with E-state index >= 15 is 0 Å². The van der Waals surface area contributed by atoms with Crippen molar-refractivity contribution in [1.29, 1.82) is 0 Å². The van der Waals surface area contributed by atoms with Crippen LogP contribution in [0.1, 0.15) is 57.9 Å². The highest BCUT2D eigenvalue weighted by Crippen LogP contribution is 2.44. The molecule has 1 aliphatic rings. The number of esters is 1. The van der Waals surface area contributed by atoms with Gasteiger partial charge in [0.15, 0.2) is 5.16 Å². The highest BCUT2D eigenvalue weighted by Gasteiger charge is 2.31. The number of thiophene rings is 1. The molecule has 0 bridgehead atoms. The van der Waals surface area contributed by atoms with E-state index in [9.17, 15) is 4.79 Å². The van der Waals surface area contributed by atoms with E-state index < -0.39 is 0 Å². The van der Waals surface area contributed by atoms with Gasteiger partial charge >= 0.3 is 5.97 Å². The van der Waals surface area contributed by atoms with E-state index in [1.54, 1.807) is 11.3 Å². The summed E-state index contributed by atoms with van der Waals surface area (Å²) in [5.41, 5.74) is 7.92. The topological polar surface area (TPSA) is 78.1 Å². The molecular weight excluding hydrogens is 378 g/mol. The normalized spacial score (nSPS) is 18.3. The molecule has 0 radical (unpaired) electrons. The number of rotatable bonds is 5. The van der Waals surface area contributed by atoms with Crippen molar-refractivity contribution in [3.05, 3.63) is 10.4 Å². The number of hydrogen-bond donors (Lipinski definition) is 1. The average Bonchev–Trinajstić information content (AvgIpc) is 2.97. The van der Waals surface area contributed by atoms with Gasteiger partial charge in [-0.15, -0.1) is 11.3 Å². The first-order valence-corrected chi connectivity index (χ1v) is 11.4. The van der Waals surface area contributed by atoms with Gasteiger partial charge in [-0.05, 0) is 49.5 Å². The Hall–Kier alpha value is -1.34. The van der Waals surface area contributed by atoms with Gasteiger partial charge in [-0.2, -0.15) is 0 Å². The molecule has 2 aromatic rings.